The number of rotatable bonds is 2. The van der Waals surface area contributed by atoms with E-state index in [0.29, 0.717) is 0 Å². The molecule has 0 fully saturated rings. The largest absolute Gasteiger partial charge is 0.452 e. The smallest absolute Gasteiger partial charge is 0.416 e. The van der Waals surface area contributed by atoms with Crippen molar-refractivity contribution in [3.8, 4) is 11.5 Å². The number of benzene rings is 2. The van der Waals surface area contributed by atoms with Crippen molar-refractivity contribution < 1.29 is 22.3 Å². The minimum atomic E-state index is -4.54. The molecule has 2 aromatic carbocycles. The van der Waals surface area contributed by atoms with Crippen molar-refractivity contribution >= 4 is 23.0 Å². The van der Waals surface area contributed by atoms with E-state index in [1.54, 1.807) is 0 Å². The zero-order chi connectivity index (χ0) is 15.8. The van der Waals surface area contributed by atoms with E-state index in [1.807, 2.05) is 0 Å². The summed E-state index contributed by atoms with van der Waals surface area (Å²) < 4.78 is 56.7. The predicted octanol–water partition coefficient (Wildman–Crippen LogP) is 4.45. The second-order valence-corrected chi connectivity index (χ2v) is 4.52. The average molecular weight is 321 g/mol. The Balaban J connectivity index is 2.42. The normalized spacial score (nSPS) is 11.5. The molecule has 3 nitrogen and oxygen atoms in total. The van der Waals surface area contributed by atoms with E-state index < -0.39 is 28.3 Å². The molecule has 0 amide bonds. The molecule has 0 radical (unpaired) electrons. The Morgan fingerprint density at radius 3 is 2.33 bits per heavy atom. The van der Waals surface area contributed by atoms with Gasteiger partial charge in [0.25, 0.3) is 0 Å². The SMILES string of the molecule is Nc1cc(N)c(Oc2cccc(C(F)(F)F)c2)c(F)c1Cl. The lowest BCUT2D eigenvalue weighted by Gasteiger charge is -2.13. The number of anilines is 2. The monoisotopic (exact) mass is 320 g/mol. The highest BCUT2D eigenvalue weighted by Gasteiger charge is 2.30. The Labute approximate surface area is 122 Å². The van der Waals surface area contributed by atoms with Crippen LogP contribution in [0.4, 0.5) is 28.9 Å². The van der Waals surface area contributed by atoms with Crippen molar-refractivity contribution in [3.05, 3.63) is 46.7 Å². The van der Waals surface area contributed by atoms with Gasteiger partial charge in [0.2, 0.25) is 0 Å². The van der Waals surface area contributed by atoms with E-state index in [-0.39, 0.29) is 17.1 Å². The Morgan fingerprint density at radius 1 is 1.05 bits per heavy atom. The lowest BCUT2D eigenvalue weighted by Crippen LogP contribution is -2.05. The van der Waals surface area contributed by atoms with Crippen molar-refractivity contribution in [1.29, 1.82) is 0 Å². The molecule has 8 heteroatoms. The lowest BCUT2D eigenvalue weighted by atomic mass is 10.2. The van der Waals surface area contributed by atoms with E-state index >= 15 is 0 Å². The average Bonchev–Trinajstić information content (AvgIpc) is 2.41. The maximum absolute atomic E-state index is 13.9. The third-order valence-corrected chi connectivity index (χ3v) is 2.98. The minimum Gasteiger partial charge on any atom is -0.452 e. The Morgan fingerprint density at radius 2 is 1.71 bits per heavy atom. The third-order valence-electron chi connectivity index (χ3n) is 2.60. The number of nitrogens with two attached hydrogens (primary N) is 2. The molecular weight excluding hydrogens is 312 g/mol. The van der Waals surface area contributed by atoms with Gasteiger partial charge in [-0.05, 0) is 24.3 Å². The van der Waals surface area contributed by atoms with Gasteiger partial charge >= 0.3 is 6.18 Å². The van der Waals surface area contributed by atoms with E-state index in [1.165, 1.54) is 6.07 Å². The summed E-state index contributed by atoms with van der Waals surface area (Å²) >= 11 is 5.61. The highest BCUT2D eigenvalue weighted by atomic mass is 35.5. The van der Waals surface area contributed by atoms with Crippen LogP contribution in [0.25, 0.3) is 0 Å². The summed E-state index contributed by atoms with van der Waals surface area (Å²) in [6.07, 6.45) is -4.54. The molecule has 0 heterocycles. The molecule has 0 bridgehead atoms. The summed E-state index contributed by atoms with van der Waals surface area (Å²) in [5.74, 6) is -1.74. The highest BCUT2D eigenvalue weighted by molar-refractivity contribution is 6.33. The second kappa shape index (κ2) is 5.33. The quantitative estimate of drug-likeness (QED) is 0.634. The molecule has 2 aromatic rings. The Bertz CT molecular complexity index is 689. The Kier molecular flexibility index (Phi) is 3.87. The first-order valence-electron chi connectivity index (χ1n) is 5.58. The van der Waals surface area contributed by atoms with Gasteiger partial charge in [0.1, 0.15) is 10.8 Å². The van der Waals surface area contributed by atoms with Crippen molar-refractivity contribution in [2.24, 2.45) is 0 Å². The van der Waals surface area contributed by atoms with E-state index in [4.69, 9.17) is 27.8 Å². The van der Waals surface area contributed by atoms with Crippen LogP contribution in [0, 0.1) is 5.82 Å². The number of hydrogen-bond donors (Lipinski definition) is 2. The summed E-state index contributed by atoms with van der Waals surface area (Å²) in [7, 11) is 0. The van der Waals surface area contributed by atoms with Crippen LogP contribution in [-0.2, 0) is 6.18 Å². The summed E-state index contributed by atoms with van der Waals surface area (Å²) in [5, 5.41) is -0.411. The molecular formula is C13H9ClF4N2O. The molecule has 4 N–H and O–H groups in total. The Hall–Kier alpha value is -2.15. The van der Waals surface area contributed by atoms with Crippen LogP contribution in [0.1, 0.15) is 5.56 Å². The zero-order valence-corrected chi connectivity index (χ0v) is 11.1. The molecule has 0 atom stereocenters. The first-order chi connectivity index (χ1) is 9.70. The molecule has 0 aliphatic heterocycles. The van der Waals surface area contributed by atoms with Gasteiger partial charge in [-0.2, -0.15) is 13.2 Å². The molecule has 0 aliphatic carbocycles. The second-order valence-electron chi connectivity index (χ2n) is 4.14. The van der Waals surface area contributed by atoms with Crippen LogP contribution in [0.15, 0.2) is 30.3 Å². The summed E-state index contributed by atoms with van der Waals surface area (Å²) in [6, 6.07) is 5.11. The number of alkyl halides is 3. The first-order valence-corrected chi connectivity index (χ1v) is 5.96. The van der Waals surface area contributed by atoms with Crippen LogP contribution < -0.4 is 16.2 Å². The fourth-order valence-electron chi connectivity index (χ4n) is 1.61. The topological polar surface area (TPSA) is 61.3 Å². The van der Waals surface area contributed by atoms with Crippen LogP contribution >= 0.6 is 11.6 Å². The van der Waals surface area contributed by atoms with Gasteiger partial charge in [0, 0.05) is 0 Å². The third kappa shape index (κ3) is 3.13. The molecule has 2 rings (SSSR count). The van der Waals surface area contributed by atoms with E-state index in [2.05, 4.69) is 0 Å². The summed E-state index contributed by atoms with van der Waals surface area (Å²) in [4.78, 5) is 0. The zero-order valence-electron chi connectivity index (χ0n) is 10.3. The number of ether oxygens (including phenoxy) is 1. The minimum absolute atomic E-state index is 0.0944. The molecule has 0 aromatic heterocycles. The van der Waals surface area contributed by atoms with Gasteiger partial charge in [-0.15, -0.1) is 0 Å². The van der Waals surface area contributed by atoms with Crippen molar-refractivity contribution in [2.45, 2.75) is 6.18 Å². The van der Waals surface area contributed by atoms with Gasteiger partial charge < -0.3 is 16.2 Å². The van der Waals surface area contributed by atoms with Crippen molar-refractivity contribution in [2.75, 3.05) is 11.5 Å². The maximum atomic E-state index is 13.9. The number of hydrogen-bond acceptors (Lipinski definition) is 3. The molecule has 0 unspecified atom stereocenters. The van der Waals surface area contributed by atoms with Gasteiger partial charge in [0.05, 0.1) is 16.9 Å². The van der Waals surface area contributed by atoms with Crippen molar-refractivity contribution in [1.82, 2.24) is 0 Å². The fraction of sp³-hybridized carbons (Fsp3) is 0.0769. The van der Waals surface area contributed by atoms with Crippen molar-refractivity contribution in [3.63, 3.8) is 0 Å². The summed E-state index contributed by atoms with van der Waals surface area (Å²) in [6.45, 7) is 0. The van der Waals surface area contributed by atoms with Gasteiger partial charge in [-0.1, -0.05) is 17.7 Å². The predicted molar refractivity (Wildman–Crippen MR) is 71.8 cm³/mol. The van der Waals surface area contributed by atoms with Gasteiger partial charge in [-0.25, -0.2) is 4.39 Å². The van der Waals surface area contributed by atoms with E-state index in [9.17, 15) is 17.6 Å². The van der Waals surface area contributed by atoms with Crippen LogP contribution in [-0.4, -0.2) is 0 Å². The number of nitrogen functional groups attached to an aromatic ring is 2. The molecule has 0 saturated heterocycles. The molecule has 21 heavy (non-hydrogen) atoms. The highest BCUT2D eigenvalue weighted by Crippen LogP contribution is 2.39. The van der Waals surface area contributed by atoms with Crippen LogP contribution in [0.2, 0.25) is 5.02 Å². The summed E-state index contributed by atoms with van der Waals surface area (Å²) in [5.41, 5.74) is 9.75. The van der Waals surface area contributed by atoms with Gasteiger partial charge in [-0.3, -0.25) is 0 Å². The van der Waals surface area contributed by atoms with Crippen LogP contribution in [0.3, 0.4) is 0 Å². The van der Waals surface area contributed by atoms with Crippen LogP contribution in [0.5, 0.6) is 11.5 Å². The van der Waals surface area contributed by atoms with E-state index in [0.717, 1.165) is 24.3 Å². The molecule has 0 saturated carbocycles. The first kappa shape index (κ1) is 15.2. The molecule has 112 valence electrons. The molecule has 0 aliphatic rings. The van der Waals surface area contributed by atoms with Gasteiger partial charge in [0.15, 0.2) is 11.6 Å². The maximum Gasteiger partial charge on any atom is 0.416 e. The molecule has 0 spiro atoms. The number of halogens is 5. The lowest BCUT2D eigenvalue weighted by molar-refractivity contribution is -0.137. The fourth-order valence-corrected chi connectivity index (χ4v) is 1.75. The standard InChI is InChI=1S/C13H9ClF4N2O/c14-10-8(19)5-9(20)12(11(10)15)21-7-3-1-2-6(4-7)13(16,17)18/h1-5H,19-20H2.